The summed E-state index contributed by atoms with van der Waals surface area (Å²) >= 11 is 0. The molecule has 25 heavy (non-hydrogen) atoms. The van der Waals surface area contributed by atoms with Gasteiger partial charge in [0.2, 0.25) is 9.84 Å². The summed E-state index contributed by atoms with van der Waals surface area (Å²) in [6, 6.07) is 5.78. The van der Waals surface area contributed by atoms with Gasteiger partial charge in [0.15, 0.2) is 5.88 Å². The monoisotopic (exact) mass is 393 g/mol. The second-order valence-electron chi connectivity index (χ2n) is 6.45. The van der Waals surface area contributed by atoms with E-state index in [0.29, 0.717) is 16.1 Å². The molecule has 0 aliphatic carbocycles. The zero-order chi connectivity index (χ0) is 19.7. The fourth-order valence-electron chi connectivity index (χ4n) is 2.01. The Balaban J connectivity index is 0.000000472. The summed E-state index contributed by atoms with van der Waals surface area (Å²) in [5.74, 6) is 0.636. The van der Waals surface area contributed by atoms with Crippen molar-refractivity contribution in [1.29, 1.82) is 0 Å². The van der Waals surface area contributed by atoms with Crippen molar-refractivity contribution < 1.29 is 25.9 Å². The normalized spacial score (nSPS) is 12.4. The van der Waals surface area contributed by atoms with Crippen molar-refractivity contribution in [1.82, 2.24) is 0 Å². The molecule has 0 fully saturated rings. The average molecular weight is 394 g/mol. The molecule has 6 nitrogen and oxygen atoms in total. The number of hydrogen-bond donors (Lipinski definition) is 0. The highest BCUT2D eigenvalue weighted by molar-refractivity contribution is 7.91. The quantitative estimate of drug-likeness (QED) is 0.500. The Morgan fingerprint density at radius 2 is 1.44 bits per heavy atom. The van der Waals surface area contributed by atoms with Gasteiger partial charge in [-0.3, -0.25) is 0 Å². The van der Waals surface area contributed by atoms with E-state index in [4.69, 9.17) is 0 Å². The summed E-state index contributed by atoms with van der Waals surface area (Å²) in [5.41, 5.74) is 0.928. The molecule has 0 aliphatic rings. The maximum absolute atomic E-state index is 11.7. The Labute approximate surface area is 153 Å². The minimum absolute atomic E-state index is 0.178. The van der Waals surface area contributed by atoms with Crippen LogP contribution in [0, 0.1) is 6.92 Å². The molecule has 0 atom stereocenters. The highest BCUT2D eigenvalue weighted by atomic mass is 32.2. The van der Waals surface area contributed by atoms with Crippen molar-refractivity contribution in [2.75, 3.05) is 31.8 Å². The molecule has 1 rings (SSSR count). The molecule has 0 N–H and O–H groups in total. The second-order valence-corrected chi connectivity index (χ2v) is 9.98. The summed E-state index contributed by atoms with van der Waals surface area (Å²) in [4.78, 5) is -0.178. The van der Waals surface area contributed by atoms with Crippen LogP contribution in [0.15, 0.2) is 29.2 Å². The van der Waals surface area contributed by atoms with Gasteiger partial charge in [0.1, 0.15) is 10.1 Å². The lowest BCUT2D eigenvalue weighted by atomic mass is 10.2. The molecule has 0 amide bonds. The minimum Gasteiger partial charge on any atom is -0.744 e. The first kappa shape index (κ1) is 24.0. The van der Waals surface area contributed by atoms with Crippen LogP contribution in [0.25, 0.3) is 0 Å². The number of aryl methyl sites for hydroxylation is 1. The van der Waals surface area contributed by atoms with E-state index in [-0.39, 0.29) is 4.90 Å². The molecule has 0 spiro atoms. The number of hydrogen-bond acceptors (Lipinski definition) is 5. The Morgan fingerprint density at radius 1 is 0.960 bits per heavy atom. The van der Waals surface area contributed by atoms with E-state index < -0.39 is 20.0 Å². The van der Waals surface area contributed by atoms with Gasteiger partial charge in [-0.05, 0) is 39.3 Å². The van der Waals surface area contributed by atoms with Gasteiger partial charge in [-0.1, -0.05) is 31.0 Å². The van der Waals surface area contributed by atoms with Crippen molar-refractivity contribution >= 4 is 20.0 Å². The lowest BCUT2D eigenvalue weighted by molar-refractivity contribution is -0.894. The molecule has 0 heterocycles. The number of benzene rings is 1. The molecule has 0 saturated carbocycles. The van der Waals surface area contributed by atoms with Crippen molar-refractivity contribution in [3.8, 4) is 0 Å². The van der Waals surface area contributed by atoms with Gasteiger partial charge in [-0.25, -0.2) is 16.8 Å². The van der Waals surface area contributed by atoms with Crippen LogP contribution in [0.5, 0.6) is 0 Å². The lowest BCUT2D eigenvalue weighted by Crippen LogP contribution is -2.47. The first-order chi connectivity index (χ1) is 11.4. The molecule has 0 radical (unpaired) electrons. The topological polar surface area (TPSA) is 91.3 Å². The van der Waals surface area contributed by atoms with Crippen molar-refractivity contribution in [2.45, 2.75) is 45.4 Å². The smallest absolute Gasteiger partial charge is 0.200 e. The number of quaternary nitrogens is 1. The number of nitrogens with zero attached hydrogens (tertiary/aromatic N) is 1. The van der Waals surface area contributed by atoms with Crippen LogP contribution in [-0.2, 0) is 20.0 Å². The van der Waals surface area contributed by atoms with Gasteiger partial charge in [0.25, 0.3) is 0 Å². The zero-order valence-electron chi connectivity index (χ0n) is 15.9. The Morgan fingerprint density at radius 3 is 1.80 bits per heavy atom. The van der Waals surface area contributed by atoms with Crippen LogP contribution in [0.3, 0.4) is 0 Å². The third kappa shape index (κ3) is 9.94. The first-order valence-corrected chi connectivity index (χ1v) is 11.7. The van der Waals surface area contributed by atoms with E-state index >= 15 is 0 Å². The summed E-state index contributed by atoms with van der Waals surface area (Å²) in [6.45, 7) is 9.67. The highest BCUT2D eigenvalue weighted by Gasteiger charge is 2.25. The van der Waals surface area contributed by atoms with Crippen LogP contribution >= 0.6 is 0 Å². The third-order valence-electron chi connectivity index (χ3n) is 4.15. The standard InChI is InChI=1S/C10H24NO2S.C7H8O3S/c1-5-8-9-14(12,13)10-11(4,6-2)7-3;1-6-2-4-7(5-3-6)11(8,9)10/h5-10H2,1-4H3;2-5H,1H3,(H,8,9,10)/q+1;/p-1. The number of unbranched alkanes of at least 4 members (excludes halogenated alkanes) is 1. The number of rotatable bonds is 8. The van der Waals surface area contributed by atoms with Crippen molar-refractivity contribution in [3.05, 3.63) is 29.8 Å². The fourth-order valence-corrected chi connectivity index (χ4v) is 4.66. The van der Waals surface area contributed by atoms with E-state index in [2.05, 4.69) is 0 Å². The fraction of sp³-hybridized carbons (Fsp3) is 0.647. The van der Waals surface area contributed by atoms with E-state index in [9.17, 15) is 21.4 Å². The molecule has 0 aromatic heterocycles. The molecule has 0 aliphatic heterocycles. The van der Waals surface area contributed by atoms with Crippen molar-refractivity contribution in [3.63, 3.8) is 0 Å². The van der Waals surface area contributed by atoms with E-state index in [1.807, 2.05) is 34.7 Å². The molecular formula is C17H31NO5S2. The minimum atomic E-state index is -4.27. The maximum atomic E-state index is 11.7. The van der Waals surface area contributed by atoms with Crippen molar-refractivity contribution in [2.24, 2.45) is 0 Å². The molecule has 0 saturated heterocycles. The highest BCUT2D eigenvalue weighted by Crippen LogP contribution is 2.09. The Hall–Kier alpha value is -0.960. The van der Waals surface area contributed by atoms with Gasteiger partial charge < -0.3 is 9.04 Å². The van der Waals surface area contributed by atoms with Gasteiger partial charge in [0, 0.05) is 0 Å². The van der Waals surface area contributed by atoms with Crippen LogP contribution < -0.4 is 0 Å². The largest absolute Gasteiger partial charge is 0.744 e. The number of sulfone groups is 1. The van der Waals surface area contributed by atoms with Gasteiger partial charge in [0.05, 0.1) is 30.8 Å². The third-order valence-corrected chi connectivity index (χ3v) is 6.93. The molecule has 0 bridgehead atoms. The van der Waals surface area contributed by atoms with Crippen LogP contribution in [0.4, 0.5) is 0 Å². The molecule has 8 heteroatoms. The van der Waals surface area contributed by atoms with Crippen LogP contribution in [0.2, 0.25) is 0 Å². The lowest BCUT2D eigenvalue weighted by Gasteiger charge is -2.31. The summed E-state index contributed by atoms with van der Waals surface area (Å²) < 4.78 is 55.2. The molecule has 146 valence electrons. The van der Waals surface area contributed by atoms with E-state index in [1.54, 1.807) is 12.1 Å². The molecule has 1 aromatic carbocycles. The maximum Gasteiger partial charge on any atom is 0.200 e. The Bertz CT molecular complexity index is 706. The summed E-state index contributed by atoms with van der Waals surface area (Å²) in [6.07, 6.45) is 1.73. The SMILES string of the molecule is CCCCS(=O)(=O)C[N+](C)(CC)CC.Cc1ccc(S(=O)(=O)[O-])cc1. The predicted octanol–water partition coefficient (Wildman–Crippen LogP) is 2.54. The molecule has 1 aromatic rings. The van der Waals surface area contributed by atoms with Crippen LogP contribution in [-0.4, -0.2) is 57.6 Å². The van der Waals surface area contributed by atoms with E-state index in [0.717, 1.165) is 31.5 Å². The molecule has 0 unspecified atom stereocenters. The van der Waals surface area contributed by atoms with E-state index in [1.165, 1.54) is 12.1 Å². The zero-order valence-corrected chi connectivity index (χ0v) is 17.5. The van der Waals surface area contributed by atoms with Gasteiger partial charge in [-0.2, -0.15) is 0 Å². The average Bonchev–Trinajstić information content (AvgIpc) is 2.52. The summed E-state index contributed by atoms with van der Waals surface area (Å²) in [7, 11) is -5.12. The van der Waals surface area contributed by atoms with Gasteiger partial charge in [-0.15, -0.1) is 0 Å². The van der Waals surface area contributed by atoms with Gasteiger partial charge >= 0.3 is 0 Å². The molecular weight excluding hydrogens is 362 g/mol. The van der Waals surface area contributed by atoms with Crippen LogP contribution in [0.1, 0.15) is 39.2 Å². The second kappa shape index (κ2) is 10.3. The predicted molar refractivity (Wildman–Crippen MR) is 100.0 cm³/mol. The summed E-state index contributed by atoms with van der Waals surface area (Å²) in [5, 5.41) is 0. The Kier molecular flexibility index (Phi) is 9.86. The first-order valence-electron chi connectivity index (χ1n) is 8.45.